The molecule has 102 valence electrons. The number of aromatic amines is 1. The maximum absolute atomic E-state index is 6.11. The molecule has 0 aromatic carbocycles. The second-order valence-electron chi connectivity index (χ2n) is 6.56. The highest BCUT2D eigenvalue weighted by atomic mass is 15.4. The largest absolute Gasteiger partial charge is 0.335 e. The molecule has 2 heterocycles. The Kier molecular flexibility index (Phi) is 3.61. The number of hydrogen-bond donors (Lipinski definition) is 2. The van der Waals surface area contributed by atoms with Crippen molar-refractivity contribution in [3.63, 3.8) is 0 Å². The fourth-order valence-electron chi connectivity index (χ4n) is 2.45. The Bertz CT molecular complexity index is 392. The van der Waals surface area contributed by atoms with Gasteiger partial charge in [0.15, 0.2) is 0 Å². The van der Waals surface area contributed by atoms with Gasteiger partial charge in [0.1, 0.15) is 5.82 Å². The summed E-state index contributed by atoms with van der Waals surface area (Å²) in [7, 11) is 0. The highest BCUT2D eigenvalue weighted by Crippen LogP contribution is 2.23. The first kappa shape index (κ1) is 13.3. The third-order valence-electron chi connectivity index (χ3n) is 3.52. The number of nitrogens with one attached hydrogen (secondary N) is 1. The number of anilines is 1. The van der Waals surface area contributed by atoms with Gasteiger partial charge in [-0.05, 0) is 25.2 Å². The van der Waals surface area contributed by atoms with E-state index in [2.05, 4.69) is 47.8 Å². The number of nitrogens with zero attached hydrogens (tertiary/aromatic N) is 3. The predicted molar refractivity (Wildman–Crippen MR) is 73.6 cm³/mol. The van der Waals surface area contributed by atoms with Crippen LogP contribution in [-0.4, -0.2) is 33.8 Å². The van der Waals surface area contributed by atoms with E-state index in [0.29, 0.717) is 6.04 Å². The SMILES string of the molecule is CC1C(N)CCCN1c1n[nH]c(CC(C)(C)C)n1. The van der Waals surface area contributed by atoms with Gasteiger partial charge in [-0.15, -0.1) is 5.10 Å². The monoisotopic (exact) mass is 251 g/mol. The third-order valence-corrected chi connectivity index (χ3v) is 3.52. The van der Waals surface area contributed by atoms with E-state index in [9.17, 15) is 0 Å². The van der Waals surface area contributed by atoms with E-state index >= 15 is 0 Å². The first-order valence-corrected chi connectivity index (χ1v) is 6.80. The molecule has 5 nitrogen and oxygen atoms in total. The van der Waals surface area contributed by atoms with Crippen LogP contribution in [0.5, 0.6) is 0 Å². The Hall–Kier alpha value is -1.10. The molecule has 1 saturated heterocycles. The van der Waals surface area contributed by atoms with Gasteiger partial charge < -0.3 is 10.6 Å². The van der Waals surface area contributed by atoms with E-state index in [1.807, 2.05) is 0 Å². The first-order chi connectivity index (χ1) is 8.37. The van der Waals surface area contributed by atoms with Crippen molar-refractivity contribution in [2.24, 2.45) is 11.1 Å². The molecule has 1 aliphatic heterocycles. The average molecular weight is 251 g/mol. The summed E-state index contributed by atoms with van der Waals surface area (Å²) in [4.78, 5) is 6.83. The van der Waals surface area contributed by atoms with Crippen LogP contribution in [0, 0.1) is 5.41 Å². The van der Waals surface area contributed by atoms with Crippen LogP contribution in [-0.2, 0) is 6.42 Å². The van der Waals surface area contributed by atoms with Gasteiger partial charge in [-0.2, -0.15) is 4.98 Å². The minimum Gasteiger partial charge on any atom is -0.335 e. The Morgan fingerprint density at radius 1 is 1.44 bits per heavy atom. The Morgan fingerprint density at radius 2 is 2.17 bits per heavy atom. The fourth-order valence-corrected chi connectivity index (χ4v) is 2.45. The zero-order chi connectivity index (χ0) is 13.3. The van der Waals surface area contributed by atoms with Crippen molar-refractivity contribution in [3.8, 4) is 0 Å². The van der Waals surface area contributed by atoms with Gasteiger partial charge in [0.05, 0.1) is 0 Å². The Labute approximate surface area is 109 Å². The Balaban J connectivity index is 2.09. The molecule has 0 radical (unpaired) electrons. The lowest BCUT2D eigenvalue weighted by Crippen LogP contribution is -2.51. The van der Waals surface area contributed by atoms with Crippen LogP contribution in [0.1, 0.15) is 46.4 Å². The van der Waals surface area contributed by atoms with Crippen LogP contribution in [0.4, 0.5) is 5.95 Å². The van der Waals surface area contributed by atoms with Crippen LogP contribution >= 0.6 is 0 Å². The van der Waals surface area contributed by atoms with Crippen molar-refractivity contribution in [3.05, 3.63) is 5.82 Å². The standard InChI is InChI=1S/C13H25N5/c1-9-10(14)6-5-7-18(9)12-15-11(16-17-12)8-13(2,3)4/h9-10H,5-8,14H2,1-4H3,(H,15,16,17). The number of nitrogens with two attached hydrogens (primary N) is 1. The summed E-state index contributed by atoms with van der Waals surface area (Å²) in [5.41, 5.74) is 6.33. The topological polar surface area (TPSA) is 70.8 Å². The summed E-state index contributed by atoms with van der Waals surface area (Å²) in [5, 5.41) is 7.39. The van der Waals surface area contributed by atoms with E-state index in [4.69, 9.17) is 5.73 Å². The summed E-state index contributed by atoms with van der Waals surface area (Å²) in [6.45, 7) is 9.77. The first-order valence-electron chi connectivity index (χ1n) is 6.80. The molecule has 0 aliphatic carbocycles. The molecule has 3 N–H and O–H groups in total. The second kappa shape index (κ2) is 4.88. The predicted octanol–water partition coefficient (Wildman–Crippen LogP) is 1.71. The maximum atomic E-state index is 6.11. The molecule has 1 aromatic rings. The molecule has 2 unspecified atom stereocenters. The minimum absolute atomic E-state index is 0.223. The van der Waals surface area contributed by atoms with Crippen LogP contribution in [0.3, 0.4) is 0 Å². The number of H-pyrrole nitrogens is 1. The smallest absolute Gasteiger partial charge is 0.244 e. The van der Waals surface area contributed by atoms with E-state index in [-0.39, 0.29) is 11.5 Å². The van der Waals surface area contributed by atoms with Crippen molar-refractivity contribution >= 4 is 5.95 Å². The second-order valence-corrected chi connectivity index (χ2v) is 6.56. The summed E-state index contributed by atoms with van der Waals surface area (Å²) in [6, 6.07) is 0.542. The molecule has 2 atom stereocenters. The van der Waals surface area contributed by atoms with Crippen LogP contribution in [0.15, 0.2) is 0 Å². The molecular formula is C13H25N5. The summed E-state index contributed by atoms with van der Waals surface area (Å²) in [5.74, 6) is 1.76. The van der Waals surface area contributed by atoms with Crippen molar-refractivity contribution in [1.82, 2.24) is 15.2 Å². The minimum atomic E-state index is 0.223. The van der Waals surface area contributed by atoms with Crippen molar-refractivity contribution in [2.45, 2.75) is 59.0 Å². The quantitative estimate of drug-likeness (QED) is 0.839. The van der Waals surface area contributed by atoms with Gasteiger partial charge in [-0.3, -0.25) is 5.10 Å². The Morgan fingerprint density at radius 3 is 2.83 bits per heavy atom. The molecule has 0 spiro atoms. The molecule has 1 aliphatic rings. The lowest BCUT2D eigenvalue weighted by molar-refractivity contribution is 0.400. The van der Waals surface area contributed by atoms with Crippen LogP contribution < -0.4 is 10.6 Å². The van der Waals surface area contributed by atoms with E-state index in [1.54, 1.807) is 0 Å². The average Bonchev–Trinajstić information content (AvgIpc) is 2.68. The van der Waals surface area contributed by atoms with Gasteiger partial charge in [0.2, 0.25) is 5.95 Å². The maximum Gasteiger partial charge on any atom is 0.244 e. The number of hydrogen-bond acceptors (Lipinski definition) is 4. The summed E-state index contributed by atoms with van der Waals surface area (Å²) in [6.07, 6.45) is 3.12. The molecule has 2 rings (SSSR count). The number of aromatic nitrogens is 3. The van der Waals surface area contributed by atoms with Gasteiger partial charge in [-0.1, -0.05) is 20.8 Å². The van der Waals surface area contributed by atoms with Crippen molar-refractivity contribution < 1.29 is 0 Å². The van der Waals surface area contributed by atoms with Crippen molar-refractivity contribution in [2.75, 3.05) is 11.4 Å². The molecule has 0 saturated carbocycles. The highest BCUT2D eigenvalue weighted by molar-refractivity contribution is 5.32. The lowest BCUT2D eigenvalue weighted by Gasteiger charge is -2.36. The third kappa shape index (κ3) is 3.02. The van der Waals surface area contributed by atoms with Crippen LogP contribution in [0.25, 0.3) is 0 Å². The zero-order valence-corrected chi connectivity index (χ0v) is 11.9. The fraction of sp³-hybridized carbons (Fsp3) is 0.846. The molecule has 18 heavy (non-hydrogen) atoms. The lowest BCUT2D eigenvalue weighted by atomic mass is 9.92. The van der Waals surface area contributed by atoms with Crippen LogP contribution in [0.2, 0.25) is 0 Å². The molecule has 1 aromatic heterocycles. The molecule has 0 amide bonds. The normalized spacial score (nSPS) is 25.5. The van der Waals surface area contributed by atoms with E-state index in [0.717, 1.165) is 37.6 Å². The zero-order valence-electron chi connectivity index (χ0n) is 11.9. The van der Waals surface area contributed by atoms with E-state index in [1.165, 1.54) is 0 Å². The van der Waals surface area contributed by atoms with Gasteiger partial charge in [-0.25, -0.2) is 0 Å². The number of piperidine rings is 1. The molecular weight excluding hydrogens is 226 g/mol. The molecule has 1 fully saturated rings. The summed E-state index contributed by atoms with van der Waals surface area (Å²) < 4.78 is 0. The molecule has 0 bridgehead atoms. The number of rotatable bonds is 2. The highest BCUT2D eigenvalue weighted by Gasteiger charge is 2.28. The summed E-state index contributed by atoms with van der Waals surface area (Å²) >= 11 is 0. The van der Waals surface area contributed by atoms with Crippen molar-refractivity contribution in [1.29, 1.82) is 0 Å². The van der Waals surface area contributed by atoms with Gasteiger partial charge >= 0.3 is 0 Å². The van der Waals surface area contributed by atoms with E-state index < -0.39 is 0 Å². The van der Waals surface area contributed by atoms with Gasteiger partial charge in [0.25, 0.3) is 0 Å². The molecule has 5 heteroatoms. The van der Waals surface area contributed by atoms with Gasteiger partial charge in [0, 0.05) is 25.0 Å².